The zero-order valence-electron chi connectivity index (χ0n) is 12.4. The Labute approximate surface area is 139 Å². The van der Waals surface area contributed by atoms with E-state index in [1.165, 1.54) is 37.9 Å². The third kappa shape index (κ3) is 6.66. The number of likely N-dealkylation sites (tertiary alicyclic amines) is 1. The zero-order valence-corrected chi connectivity index (χ0v) is 14.0. The second kappa shape index (κ2) is 10.0. The molecule has 1 saturated heterocycles. The van der Waals surface area contributed by atoms with Crippen molar-refractivity contribution in [2.24, 2.45) is 5.73 Å². The van der Waals surface area contributed by atoms with Crippen LogP contribution in [0.5, 0.6) is 0 Å². The van der Waals surface area contributed by atoms with Crippen LogP contribution in [0.25, 0.3) is 0 Å². The van der Waals surface area contributed by atoms with Gasteiger partial charge in [-0.15, -0.1) is 24.8 Å². The SMILES string of the molecule is C[C@H](N)C(=O)Nc1cccc(CN2CCCCC2)c1.Cl.Cl. The lowest BCUT2D eigenvalue weighted by Gasteiger charge is -2.26. The number of carbonyl (C=O) groups is 1. The van der Waals surface area contributed by atoms with E-state index >= 15 is 0 Å². The molecule has 1 fully saturated rings. The Kier molecular flexibility index (Phi) is 9.62. The quantitative estimate of drug-likeness (QED) is 0.890. The van der Waals surface area contributed by atoms with E-state index in [2.05, 4.69) is 16.3 Å². The number of carbonyl (C=O) groups excluding carboxylic acids is 1. The molecule has 0 bridgehead atoms. The maximum absolute atomic E-state index is 11.6. The molecule has 2 rings (SSSR count). The minimum Gasteiger partial charge on any atom is -0.325 e. The number of anilines is 1. The number of amides is 1. The third-order valence-corrected chi connectivity index (χ3v) is 3.46. The summed E-state index contributed by atoms with van der Waals surface area (Å²) in [5, 5.41) is 2.84. The van der Waals surface area contributed by atoms with E-state index in [0.717, 1.165) is 12.2 Å². The van der Waals surface area contributed by atoms with Crippen molar-refractivity contribution < 1.29 is 4.79 Å². The molecule has 1 heterocycles. The number of benzene rings is 1. The fourth-order valence-corrected chi connectivity index (χ4v) is 2.38. The number of hydrogen-bond acceptors (Lipinski definition) is 3. The summed E-state index contributed by atoms with van der Waals surface area (Å²) in [6.07, 6.45) is 3.93. The van der Waals surface area contributed by atoms with Crippen molar-refractivity contribution in [3.63, 3.8) is 0 Å². The lowest BCUT2D eigenvalue weighted by Crippen LogP contribution is -2.32. The molecule has 0 aromatic heterocycles. The number of halogens is 2. The number of nitrogens with two attached hydrogens (primary N) is 1. The van der Waals surface area contributed by atoms with Gasteiger partial charge in [0, 0.05) is 12.2 Å². The van der Waals surface area contributed by atoms with Gasteiger partial charge in [0.2, 0.25) is 5.91 Å². The molecule has 1 aromatic rings. The van der Waals surface area contributed by atoms with Crippen LogP contribution in [-0.4, -0.2) is 29.9 Å². The highest BCUT2D eigenvalue weighted by Crippen LogP contribution is 2.16. The van der Waals surface area contributed by atoms with Gasteiger partial charge < -0.3 is 11.1 Å². The first-order valence-corrected chi connectivity index (χ1v) is 7.03. The molecular formula is C15H25Cl2N3O. The Hall–Kier alpha value is -0.810. The molecule has 0 spiro atoms. The molecule has 1 atom stereocenters. The Morgan fingerprint density at radius 1 is 1.29 bits per heavy atom. The van der Waals surface area contributed by atoms with Crippen LogP contribution in [0.15, 0.2) is 24.3 Å². The molecule has 1 aliphatic heterocycles. The second-order valence-corrected chi connectivity index (χ2v) is 5.32. The molecule has 1 amide bonds. The lowest BCUT2D eigenvalue weighted by atomic mass is 10.1. The monoisotopic (exact) mass is 333 g/mol. The van der Waals surface area contributed by atoms with Gasteiger partial charge in [-0.25, -0.2) is 0 Å². The van der Waals surface area contributed by atoms with Crippen molar-refractivity contribution in [1.29, 1.82) is 0 Å². The third-order valence-electron chi connectivity index (χ3n) is 3.46. The van der Waals surface area contributed by atoms with Crippen LogP contribution in [0.1, 0.15) is 31.7 Å². The minimum absolute atomic E-state index is 0. The molecule has 21 heavy (non-hydrogen) atoms. The fraction of sp³-hybridized carbons (Fsp3) is 0.533. The smallest absolute Gasteiger partial charge is 0.240 e. The summed E-state index contributed by atoms with van der Waals surface area (Å²) in [4.78, 5) is 14.0. The fourth-order valence-electron chi connectivity index (χ4n) is 2.38. The van der Waals surface area contributed by atoms with Gasteiger partial charge in [0.15, 0.2) is 0 Å². The Bertz CT molecular complexity index is 435. The van der Waals surface area contributed by atoms with Crippen LogP contribution in [-0.2, 0) is 11.3 Å². The van der Waals surface area contributed by atoms with E-state index < -0.39 is 6.04 Å². The van der Waals surface area contributed by atoms with Crippen LogP contribution < -0.4 is 11.1 Å². The van der Waals surface area contributed by atoms with Gasteiger partial charge in [-0.2, -0.15) is 0 Å². The number of nitrogens with zero attached hydrogens (tertiary/aromatic N) is 1. The zero-order chi connectivity index (χ0) is 13.7. The highest BCUT2D eigenvalue weighted by Gasteiger charge is 2.11. The molecule has 0 aliphatic carbocycles. The van der Waals surface area contributed by atoms with Crippen molar-refractivity contribution in [3.8, 4) is 0 Å². The molecule has 0 radical (unpaired) electrons. The van der Waals surface area contributed by atoms with Crippen LogP contribution in [0, 0.1) is 0 Å². The first kappa shape index (κ1) is 20.2. The van der Waals surface area contributed by atoms with E-state index in [1.807, 2.05) is 18.2 Å². The van der Waals surface area contributed by atoms with Gasteiger partial charge in [0.25, 0.3) is 0 Å². The molecular weight excluding hydrogens is 309 g/mol. The summed E-state index contributed by atoms with van der Waals surface area (Å²) in [6, 6.07) is 7.55. The van der Waals surface area contributed by atoms with Crippen molar-refractivity contribution in [2.75, 3.05) is 18.4 Å². The normalized spacial score (nSPS) is 16.3. The van der Waals surface area contributed by atoms with E-state index in [1.54, 1.807) is 6.92 Å². The average Bonchev–Trinajstić information content (AvgIpc) is 2.40. The van der Waals surface area contributed by atoms with Crippen molar-refractivity contribution in [1.82, 2.24) is 4.90 Å². The first-order valence-electron chi connectivity index (χ1n) is 7.03. The Balaban J connectivity index is 0.00000200. The van der Waals surface area contributed by atoms with Gasteiger partial charge in [-0.05, 0) is 50.6 Å². The highest BCUT2D eigenvalue weighted by atomic mass is 35.5. The molecule has 4 nitrogen and oxygen atoms in total. The number of nitrogens with one attached hydrogen (secondary N) is 1. The number of hydrogen-bond donors (Lipinski definition) is 2. The highest BCUT2D eigenvalue weighted by molar-refractivity contribution is 5.94. The lowest BCUT2D eigenvalue weighted by molar-refractivity contribution is -0.117. The Morgan fingerprint density at radius 3 is 2.57 bits per heavy atom. The van der Waals surface area contributed by atoms with Crippen molar-refractivity contribution in [2.45, 2.75) is 38.8 Å². The van der Waals surface area contributed by atoms with Gasteiger partial charge in [0.05, 0.1) is 6.04 Å². The predicted molar refractivity (Wildman–Crippen MR) is 92.3 cm³/mol. The predicted octanol–water partition coefficient (Wildman–Crippen LogP) is 2.80. The van der Waals surface area contributed by atoms with Gasteiger partial charge in [-0.3, -0.25) is 9.69 Å². The number of rotatable bonds is 4. The summed E-state index contributed by atoms with van der Waals surface area (Å²) < 4.78 is 0. The molecule has 6 heteroatoms. The van der Waals surface area contributed by atoms with Crippen LogP contribution >= 0.6 is 24.8 Å². The first-order chi connectivity index (χ1) is 9.15. The van der Waals surface area contributed by atoms with Crippen LogP contribution in [0.2, 0.25) is 0 Å². The maximum Gasteiger partial charge on any atom is 0.240 e. The molecule has 0 saturated carbocycles. The topological polar surface area (TPSA) is 58.4 Å². The molecule has 120 valence electrons. The molecule has 3 N–H and O–H groups in total. The minimum atomic E-state index is -0.481. The molecule has 1 aliphatic rings. The van der Waals surface area contributed by atoms with E-state index in [9.17, 15) is 4.79 Å². The van der Waals surface area contributed by atoms with Gasteiger partial charge in [0.1, 0.15) is 0 Å². The van der Waals surface area contributed by atoms with E-state index in [0.29, 0.717) is 0 Å². The van der Waals surface area contributed by atoms with Crippen molar-refractivity contribution >= 4 is 36.4 Å². The summed E-state index contributed by atoms with van der Waals surface area (Å²) in [7, 11) is 0. The summed E-state index contributed by atoms with van der Waals surface area (Å²) in [5.41, 5.74) is 7.62. The molecule has 0 unspecified atom stereocenters. The largest absolute Gasteiger partial charge is 0.325 e. The number of piperidine rings is 1. The van der Waals surface area contributed by atoms with E-state index in [4.69, 9.17) is 5.73 Å². The second-order valence-electron chi connectivity index (χ2n) is 5.32. The standard InChI is InChI=1S/C15H23N3O.2ClH/c1-12(16)15(19)17-14-7-5-6-13(10-14)11-18-8-3-2-4-9-18;;/h5-7,10,12H,2-4,8-9,11,16H2,1H3,(H,17,19);2*1H/t12-;;/m0../s1. The summed E-state index contributed by atoms with van der Waals surface area (Å²) in [6.45, 7) is 5.00. The van der Waals surface area contributed by atoms with Crippen LogP contribution in [0.3, 0.4) is 0 Å². The average molecular weight is 334 g/mol. The van der Waals surface area contributed by atoms with Crippen molar-refractivity contribution in [3.05, 3.63) is 29.8 Å². The van der Waals surface area contributed by atoms with Gasteiger partial charge in [-0.1, -0.05) is 18.6 Å². The van der Waals surface area contributed by atoms with E-state index in [-0.39, 0.29) is 30.7 Å². The van der Waals surface area contributed by atoms with Gasteiger partial charge >= 0.3 is 0 Å². The van der Waals surface area contributed by atoms with Crippen LogP contribution in [0.4, 0.5) is 5.69 Å². The maximum atomic E-state index is 11.6. The summed E-state index contributed by atoms with van der Waals surface area (Å²) in [5.74, 6) is -0.143. The summed E-state index contributed by atoms with van der Waals surface area (Å²) >= 11 is 0. The molecule has 1 aromatic carbocycles. The Morgan fingerprint density at radius 2 is 1.95 bits per heavy atom.